The van der Waals surface area contributed by atoms with Gasteiger partial charge in [-0.15, -0.1) is 0 Å². The van der Waals surface area contributed by atoms with E-state index in [1.165, 1.54) is 24.3 Å². The van der Waals surface area contributed by atoms with E-state index in [0.29, 0.717) is 17.8 Å². The lowest BCUT2D eigenvalue weighted by atomic mass is 9.84. The van der Waals surface area contributed by atoms with Crippen LogP contribution in [0.3, 0.4) is 0 Å². The number of nitrogens with zero attached hydrogens (tertiary/aromatic N) is 2. The van der Waals surface area contributed by atoms with E-state index in [1.54, 1.807) is 23.1 Å². The number of aryl methyl sites for hydroxylation is 2. The lowest BCUT2D eigenvalue weighted by Gasteiger charge is -2.32. The maximum atomic E-state index is 15.5. The molecule has 0 fully saturated rings. The summed E-state index contributed by atoms with van der Waals surface area (Å²) >= 11 is 0. The molecule has 0 bridgehead atoms. The Labute approximate surface area is 264 Å². The molecule has 0 saturated heterocycles. The molecule has 1 aliphatic carbocycles. The molecule has 0 unspecified atom stereocenters. The van der Waals surface area contributed by atoms with Gasteiger partial charge < -0.3 is 9.80 Å². The molecular formula is C40H28F4N2. The minimum Gasteiger partial charge on any atom is -0.307 e. The molecule has 1 aliphatic rings. The number of allylic oxidation sites excluding steroid dienone is 3. The van der Waals surface area contributed by atoms with Gasteiger partial charge >= 0.3 is 0 Å². The third-order valence-corrected chi connectivity index (χ3v) is 8.51. The summed E-state index contributed by atoms with van der Waals surface area (Å²) in [5, 5.41) is 3.87. The van der Waals surface area contributed by atoms with Crippen LogP contribution in [-0.2, 0) is 12.8 Å². The van der Waals surface area contributed by atoms with Gasteiger partial charge in [0.2, 0.25) is 0 Å². The van der Waals surface area contributed by atoms with E-state index in [0.717, 1.165) is 62.6 Å². The predicted octanol–water partition coefficient (Wildman–Crippen LogP) is 11.5. The van der Waals surface area contributed by atoms with E-state index in [2.05, 4.69) is 13.2 Å². The Morgan fingerprint density at radius 3 is 1.96 bits per heavy atom. The minimum absolute atomic E-state index is 0.164. The normalized spacial score (nSPS) is 12.5. The van der Waals surface area contributed by atoms with Gasteiger partial charge in [0, 0.05) is 28.9 Å². The standard InChI is InChI=1S/C40H28F4N2/c1-3-8-29(4-2)45(37-21-15-27(41)23-33(37)43)35-19-13-25-12-18-32-36(20-14-26-11-17-31(35)39(25)40(26)32)46(30-9-6-5-7-10-30)38-22-16-28(42)24-34(38)44/h3-11,13-17,19-24H,1-2,12,18H2/b29-8+. The van der Waals surface area contributed by atoms with Gasteiger partial charge in [0.25, 0.3) is 0 Å². The number of rotatable bonds is 8. The van der Waals surface area contributed by atoms with Gasteiger partial charge in [0.1, 0.15) is 23.3 Å². The number of benzene rings is 6. The predicted molar refractivity (Wildman–Crippen MR) is 180 cm³/mol. The molecule has 6 heteroatoms. The van der Waals surface area contributed by atoms with Crippen LogP contribution < -0.4 is 9.80 Å². The fourth-order valence-electron chi connectivity index (χ4n) is 6.58. The molecule has 0 radical (unpaired) electrons. The first-order valence-corrected chi connectivity index (χ1v) is 14.9. The Balaban J connectivity index is 1.53. The van der Waals surface area contributed by atoms with Crippen molar-refractivity contribution in [1.29, 1.82) is 0 Å². The largest absolute Gasteiger partial charge is 0.307 e. The van der Waals surface area contributed by atoms with E-state index in [9.17, 15) is 8.78 Å². The molecule has 0 N–H and O–H groups in total. The molecule has 0 heterocycles. The van der Waals surface area contributed by atoms with E-state index in [4.69, 9.17) is 0 Å². The van der Waals surface area contributed by atoms with Crippen LogP contribution in [0.5, 0.6) is 0 Å². The third-order valence-electron chi connectivity index (χ3n) is 8.51. The summed E-state index contributed by atoms with van der Waals surface area (Å²) in [5.41, 5.74) is 5.30. The number of hydrogen-bond acceptors (Lipinski definition) is 2. The molecule has 0 aromatic heterocycles. The molecule has 0 atom stereocenters. The second kappa shape index (κ2) is 11.7. The Morgan fingerprint density at radius 2 is 1.28 bits per heavy atom. The van der Waals surface area contributed by atoms with Crippen molar-refractivity contribution in [2.75, 3.05) is 9.80 Å². The summed E-state index contributed by atoms with van der Waals surface area (Å²) in [4.78, 5) is 3.55. The van der Waals surface area contributed by atoms with E-state index < -0.39 is 23.3 Å². The van der Waals surface area contributed by atoms with Crippen molar-refractivity contribution >= 4 is 50.0 Å². The zero-order chi connectivity index (χ0) is 31.9. The molecule has 6 aromatic rings. The molecule has 0 saturated carbocycles. The van der Waals surface area contributed by atoms with Crippen LogP contribution in [0.15, 0.2) is 140 Å². The van der Waals surface area contributed by atoms with Gasteiger partial charge in [-0.2, -0.15) is 0 Å². The average molecular weight is 613 g/mol. The zero-order valence-electron chi connectivity index (χ0n) is 24.8. The SMILES string of the molecule is C=C/C=C(\C=C)N(c1ccc(F)cc1F)c1ccc2c3c1ccc1ccc(N(c4ccccc4)c4ccc(F)cc4F)c(c13)CC2. The Kier molecular flexibility index (Phi) is 7.41. The lowest BCUT2D eigenvalue weighted by Crippen LogP contribution is -2.18. The highest BCUT2D eigenvalue weighted by atomic mass is 19.1. The van der Waals surface area contributed by atoms with Crippen molar-refractivity contribution in [3.05, 3.63) is 175 Å². The molecule has 226 valence electrons. The van der Waals surface area contributed by atoms with Crippen LogP contribution in [0.2, 0.25) is 0 Å². The average Bonchev–Trinajstić information content (AvgIpc) is 3.06. The maximum Gasteiger partial charge on any atom is 0.150 e. The van der Waals surface area contributed by atoms with Crippen LogP contribution in [0.4, 0.5) is 46.0 Å². The van der Waals surface area contributed by atoms with Crippen molar-refractivity contribution in [2.45, 2.75) is 12.8 Å². The first-order valence-electron chi connectivity index (χ1n) is 14.9. The topological polar surface area (TPSA) is 6.48 Å². The van der Waals surface area contributed by atoms with Gasteiger partial charge in [-0.1, -0.05) is 61.7 Å². The van der Waals surface area contributed by atoms with E-state index in [1.807, 2.05) is 71.6 Å². The smallest absolute Gasteiger partial charge is 0.150 e. The Hall–Kier alpha value is -5.62. The second-order valence-corrected chi connectivity index (χ2v) is 11.1. The monoisotopic (exact) mass is 612 g/mol. The van der Waals surface area contributed by atoms with Crippen LogP contribution in [0, 0.1) is 23.3 Å². The molecule has 0 aliphatic heterocycles. The fourth-order valence-corrected chi connectivity index (χ4v) is 6.58. The summed E-state index contributed by atoms with van der Waals surface area (Å²) in [5.74, 6) is -2.71. The number of anilines is 5. The highest BCUT2D eigenvalue weighted by Gasteiger charge is 2.27. The number of halogens is 4. The summed E-state index contributed by atoms with van der Waals surface area (Å²) in [7, 11) is 0. The van der Waals surface area contributed by atoms with Crippen molar-refractivity contribution in [2.24, 2.45) is 0 Å². The molecule has 2 nitrogen and oxygen atoms in total. The van der Waals surface area contributed by atoms with Crippen LogP contribution in [-0.4, -0.2) is 0 Å². The zero-order valence-corrected chi connectivity index (χ0v) is 24.8. The molecule has 46 heavy (non-hydrogen) atoms. The highest BCUT2D eigenvalue weighted by molar-refractivity contribution is 6.17. The van der Waals surface area contributed by atoms with E-state index >= 15 is 8.78 Å². The van der Waals surface area contributed by atoms with Gasteiger partial charge in [0.15, 0.2) is 0 Å². The molecule has 0 amide bonds. The number of hydrogen-bond donors (Lipinski definition) is 0. The fraction of sp³-hybridized carbons (Fsp3) is 0.0500. The highest BCUT2D eigenvalue weighted by Crippen LogP contribution is 2.48. The third kappa shape index (κ3) is 4.83. The van der Waals surface area contributed by atoms with E-state index in [-0.39, 0.29) is 11.4 Å². The van der Waals surface area contributed by atoms with Gasteiger partial charge in [-0.05, 0) is 101 Å². The number of para-hydroxylation sites is 1. The Morgan fingerprint density at radius 1 is 0.630 bits per heavy atom. The quantitative estimate of drug-likeness (QED) is 0.0959. The Bertz CT molecular complexity index is 2200. The van der Waals surface area contributed by atoms with Gasteiger partial charge in [-0.25, -0.2) is 17.6 Å². The molecule has 6 aromatic carbocycles. The second-order valence-electron chi connectivity index (χ2n) is 11.1. The molecule has 0 spiro atoms. The van der Waals surface area contributed by atoms with Crippen LogP contribution in [0.1, 0.15) is 11.1 Å². The molecule has 7 rings (SSSR count). The lowest BCUT2D eigenvalue weighted by molar-refractivity contribution is 0.583. The van der Waals surface area contributed by atoms with Crippen LogP contribution >= 0.6 is 0 Å². The summed E-state index contributed by atoms with van der Waals surface area (Å²) < 4.78 is 58.9. The van der Waals surface area contributed by atoms with Crippen LogP contribution in [0.25, 0.3) is 21.5 Å². The van der Waals surface area contributed by atoms with Crippen molar-refractivity contribution in [3.63, 3.8) is 0 Å². The summed E-state index contributed by atoms with van der Waals surface area (Å²) in [6, 6.07) is 28.6. The minimum atomic E-state index is -0.718. The summed E-state index contributed by atoms with van der Waals surface area (Å²) in [6.45, 7) is 7.78. The van der Waals surface area contributed by atoms with Crippen molar-refractivity contribution in [3.8, 4) is 0 Å². The molecular weight excluding hydrogens is 584 g/mol. The van der Waals surface area contributed by atoms with Gasteiger partial charge in [0.05, 0.1) is 22.7 Å². The first-order chi connectivity index (χ1) is 22.4. The first kappa shape index (κ1) is 29.1. The maximum absolute atomic E-state index is 15.5. The summed E-state index contributed by atoms with van der Waals surface area (Å²) in [6.07, 6.45) is 6.33. The van der Waals surface area contributed by atoms with Crippen molar-refractivity contribution < 1.29 is 17.6 Å². The van der Waals surface area contributed by atoms with Crippen molar-refractivity contribution in [1.82, 2.24) is 0 Å². The van der Waals surface area contributed by atoms with Gasteiger partial charge in [-0.3, -0.25) is 0 Å².